The van der Waals surface area contributed by atoms with Crippen molar-refractivity contribution < 1.29 is 9.90 Å². The van der Waals surface area contributed by atoms with Crippen LogP contribution in [0.3, 0.4) is 0 Å². The van der Waals surface area contributed by atoms with Gasteiger partial charge in [0.1, 0.15) is 5.69 Å². The molecule has 20 heavy (non-hydrogen) atoms. The average molecular weight is 272 g/mol. The fourth-order valence-electron chi connectivity index (χ4n) is 2.17. The molecule has 0 spiro atoms. The number of carboxylic acids is 1. The van der Waals surface area contributed by atoms with E-state index in [1.807, 2.05) is 29.8 Å². The van der Waals surface area contributed by atoms with Gasteiger partial charge >= 0.3 is 5.97 Å². The lowest BCUT2D eigenvalue weighted by molar-refractivity contribution is 0.0690. The predicted octanol–water partition coefficient (Wildman–Crippen LogP) is 1.91. The number of rotatable bonds is 4. The maximum Gasteiger partial charge on any atom is 0.354 e. The number of imidazole rings is 1. The van der Waals surface area contributed by atoms with Crippen molar-refractivity contribution in [2.24, 2.45) is 0 Å². The summed E-state index contributed by atoms with van der Waals surface area (Å²) in [6.07, 6.45) is 7.67. The fraction of sp³-hybridized carbons (Fsp3) is 0.357. The van der Waals surface area contributed by atoms with Crippen molar-refractivity contribution in [2.75, 3.05) is 19.0 Å². The Balaban J connectivity index is 2.07. The number of nitrogens with zero attached hydrogens (tertiary/aromatic N) is 4. The number of carbonyl (C=O) groups is 1. The second-order valence-corrected chi connectivity index (χ2v) is 5.24. The van der Waals surface area contributed by atoms with Gasteiger partial charge in [-0.25, -0.2) is 14.8 Å². The first-order valence-corrected chi connectivity index (χ1v) is 6.51. The summed E-state index contributed by atoms with van der Waals surface area (Å²) in [7, 11) is 3.80. The number of anilines is 1. The van der Waals surface area contributed by atoms with E-state index in [1.165, 1.54) is 12.8 Å². The zero-order valence-corrected chi connectivity index (χ0v) is 11.4. The Kier molecular flexibility index (Phi) is 2.93. The molecule has 1 fully saturated rings. The van der Waals surface area contributed by atoms with E-state index in [2.05, 4.69) is 9.97 Å². The van der Waals surface area contributed by atoms with Gasteiger partial charge < -0.3 is 14.6 Å². The van der Waals surface area contributed by atoms with Gasteiger partial charge in [-0.05, 0) is 18.9 Å². The third-order valence-corrected chi connectivity index (χ3v) is 3.44. The Morgan fingerprint density at radius 3 is 2.75 bits per heavy atom. The van der Waals surface area contributed by atoms with Gasteiger partial charge in [0.2, 0.25) is 0 Å². The smallest absolute Gasteiger partial charge is 0.354 e. The highest BCUT2D eigenvalue weighted by molar-refractivity contribution is 5.87. The number of pyridine rings is 1. The summed E-state index contributed by atoms with van der Waals surface area (Å²) in [4.78, 5) is 21.4. The Hall–Kier alpha value is -2.37. The van der Waals surface area contributed by atoms with Crippen molar-refractivity contribution >= 4 is 11.7 Å². The van der Waals surface area contributed by atoms with Crippen LogP contribution in [0, 0.1) is 0 Å². The van der Waals surface area contributed by atoms with E-state index < -0.39 is 5.97 Å². The van der Waals surface area contributed by atoms with Gasteiger partial charge in [0.25, 0.3) is 0 Å². The highest BCUT2D eigenvalue weighted by Gasteiger charge is 2.26. The third kappa shape index (κ3) is 2.24. The van der Waals surface area contributed by atoms with Crippen LogP contribution in [-0.2, 0) is 0 Å². The lowest BCUT2D eigenvalue weighted by Crippen LogP contribution is -2.14. The van der Waals surface area contributed by atoms with Crippen LogP contribution in [0.4, 0.5) is 5.69 Å². The minimum Gasteiger partial charge on any atom is -0.477 e. The van der Waals surface area contributed by atoms with Crippen molar-refractivity contribution in [1.82, 2.24) is 14.5 Å². The summed E-state index contributed by atoms with van der Waals surface area (Å²) in [6, 6.07) is 1.58. The first kappa shape index (κ1) is 12.7. The average Bonchev–Trinajstić information content (AvgIpc) is 3.15. The van der Waals surface area contributed by atoms with Crippen molar-refractivity contribution in [1.29, 1.82) is 0 Å². The van der Waals surface area contributed by atoms with Gasteiger partial charge in [-0.3, -0.25) is 0 Å². The molecule has 0 atom stereocenters. The normalized spacial score (nSPS) is 14.3. The highest BCUT2D eigenvalue weighted by atomic mass is 16.4. The fourth-order valence-corrected chi connectivity index (χ4v) is 2.17. The molecule has 2 aromatic heterocycles. The monoisotopic (exact) mass is 272 g/mol. The standard InChI is InChI=1S/C14H16N4O2/c1-17(2)13-6-15-10(14(19)20)5-12(13)18-7-11(16-8-18)9-3-4-9/h5-9H,3-4H2,1-2H3,(H,19,20). The molecule has 1 aliphatic carbocycles. The molecule has 0 aliphatic heterocycles. The SMILES string of the molecule is CN(C)c1cnc(C(=O)O)cc1-n1cnc(C2CC2)c1. The third-order valence-electron chi connectivity index (χ3n) is 3.44. The van der Waals surface area contributed by atoms with Crippen LogP contribution in [0.25, 0.3) is 5.69 Å². The van der Waals surface area contributed by atoms with Crippen LogP contribution in [0.1, 0.15) is 34.9 Å². The first-order chi connectivity index (χ1) is 9.56. The molecular formula is C14H16N4O2. The number of aromatic carboxylic acids is 1. The van der Waals surface area contributed by atoms with Gasteiger partial charge in [0.15, 0.2) is 0 Å². The second-order valence-electron chi connectivity index (χ2n) is 5.24. The highest BCUT2D eigenvalue weighted by Crippen LogP contribution is 2.39. The Labute approximate surface area is 116 Å². The lowest BCUT2D eigenvalue weighted by atomic mass is 10.2. The Bertz CT molecular complexity index is 659. The van der Waals surface area contributed by atoms with Gasteiger partial charge in [0, 0.05) is 26.2 Å². The molecule has 0 saturated heterocycles. The van der Waals surface area contributed by atoms with E-state index in [-0.39, 0.29) is 5.69 Å². The van der Waals surface area contributed by atoms with Gasteiger partial charge in [-0.2, -0.15) is 0 Å². The molecule has 1 saturated carbocycles. The Morgan fingerprint density at radius 2 is 2.15 bits per heavy atom. The molecule has 6 nitrogen and oxygen atoms in total. The molecule has 0 amide bonds. The molecule has 0 unspecified atom stereocenters. The van der Waals surface area contributed by atoms with E-state index in [1.54, 1.807) is 18.6 Å². The van der Waals surface area contributed by atoms with E-state index in [0.29, 0.717) is 5.92 Å². The number of hydrogen-bond donors (Lipinski definition) is 1. The number of hydrogen-bond acceptors (Lipinski definition) is 4. The van der Waals surface area contributed by atoms with Crippen LogP contribution in [0.2, 0.25) is 0 Å². The number of carboxylic acid groups (broad SMARTS) is 1. The topological polar surface area (TPSA) is 71.2 Å². The van der Waals surface area contributed by atoms with Gasteiger partial charge in [-0.15, -0.1) is 0 Å². The molecule has 1 N–H and O–H groups in total. The van der Waals surface area contributed by atoms with E-state index in [4.69, 9.17) is 5.11 Å². The van der Waals surface area contributed by atoms with Crippen molar-refractivity contribution in [3.63, 3.8) is 0 Å². The molecule has 104 valence electrons. The van der Waals surface area contributed by atoms with Gasteiger partial charge in [-0.1, -0.05) is 0 Å². The maximum absolute atomic E-state index is 11.1. The minimum atomic E-state index is -1.03. The second kappa shape index (κ2) is 4.63. The molecule has 0 bridgehead atoms. The maximum atomic E-state index is 11.1. The molecule has 2 aromatic rings. The lowest BCUT2D eigenvalue weighted by Gasteiger charge is -2.17. The van der Waals surface area contributed by atoms with E-state index in [0.717, 1.165) is 17.1 Å². The van der Waals surface area contributed by atoms with Crippen LogP contribution in [-0.4, -0.2) is 39.7 Å². The van der Waals surface area contributed by atoms with Crippen molar-refractivity contribution in [3.05, 3.63) is 36.2 Å². The molecule has 6 heteroatoms. The molecule has 2 heterocycles. The van der Waals surface area contributed by atoms with Crippen LogP contribution < -0.4 is 4.90 Å². The zero-order chi connectivity index (χ0) is 14.3. The molecule has 1 aliphatic rings. The zero-order valence-electron chi connectivity index (χ0n) is 11.4. The van der Waals surface area contributed by atoms with Crippen LogP contribution in [0.5, 0.6) is 0 Å². The summed E-state index contributed by atoms with van der Waals surface area (Å²) in [6.45, 7) is 0. The van der Waals surface area contributed by atoms with E-state index in [9.17, 15) is 4.79 Å². The molecule has 0 radical (unpaired) electrons. The Morgan fingerprint density at radius 1 is 1.40 bits per heavy atom. The summed E-state index contributed by atoms with van der Waals surface area (Å²) in [5.41, 5.74) is 2.74. The van der Waals surface area contributed by atoms with Crippen LogP contribution in [0.15, 0.2) is 24.8 Å². The van der Waals surface area contributed by atoms with Crippen molar-refractivity contribution in [3.8, 4) is 5.69 Å². The predicted molar refractivity (Wildman–Crippen MR) is 74.6 cm³/mol. The van der Waals surface area contributed by atoms with Gasteiger partial charge in [0.05, 0.1) is 29.6 Å². The summed E-state index contributed by atoms with van der Waals surface area (Å²) in [5, 5.41) is 9.09. The number of aromatic nitrogens is 3. The largest absolute Gasteiger partial charge is 0.477 e. The minimum absolute atomic E-state index is 0.0345. The first-order valence-electron chi connectivity index (χ1n) is 6.51. The van der Waals surface area contributed by atoms with Crippen molar-refractivity contribution in [2.45, 2.75) is 18.8 Å². The summed E-state index contributed by atoms with van der Waals surface area (Å²) < 4.78 is 1.87. The summed E-state index contributed by atoms with van der Waals surface area (Å²) >= 11 is 0. The van der Waals surface area contributed by atoms with Crippen LogP contribution >= 0.6 is 0 Å². The molecule has 0 aromatic carbocycles. The molecule has 3 rings (SSSR count). The summed E-state index contributed by atoms with van der Waals surface area (Å²) in [5.74, 6) is -0.459. The molecular weight excluding hydrogens is 256 g/mol. The van der Waals surface area contributed by atoms with E-state index >= 15 is 0 Å². The quantitative estimate of drug-likeness (QED) is 0.920.